The summed E-state index contributed by atoms with van der Waals surface area (Å²) in [6, 6.07) is 13.7. The van der Waals surface area contributed by atoms with E-state index in [4.69, 9.17) is 11.6 Å². The maximum atomic E-state index is 12.8. The zero-order valence-corrected chi connectivity index (χ0v) is 19.4. The van der Waals surface area contributed by atoms with Crippen LogP contribution in [0.5, 0.6) is 0 Å². The summed E-state index contributed by atoms with van der Waals surface area (Å²) in [5.74, 6) is -0.275. The van der Waals surface area contributed by atoms with Crippen LogP contribution in [0.2, 0.25) is 5.02 Å². The summed E-state index contributed by atoms with van der Waals surface area (Å²) in [6.45, 7) is 5.37. The van der Waals surface area contributed by atoms with Crippen LogP contribution in [-0.2, 0) is 16.6 Å². The number of amides is 1. The fourth-order valence-electron chi connectivity index (χ4n) is 3.65. The number of piperidine rings is 1. The number of nitrogens with zero attached hydrogens (tertiary/aromatic N) is 1. The van der Waals surface area contributed by atoms with Gasteiger partial charge < -0.3 is 10.2 Å². The molecule has 31 heavy (non-hydrogen) atoms. The van der Waals surface area contributed by atoms with Gasteiger partial charge in [0.05, 0.1) is 5.02 Å². The SMILES string of the molecule is CCCCN1CCC(NC(=O)c2ccc(Cl)c(S(=O)(=O)NCc3ccccc3)c2)CC1. The third-order valence-corrected chi connectivity index (χ3v) is 7.43. The van der Waals surface area contributed by atoms with Gasteiger partial charge in [-0.25, -0.2) is 13.1 Å². The highest BCUT2D eigenvalue weighted by atomic mass is 35.5. The molecule has 168 valence electrons. The van der Waals surface area contributed by atoms with Gasteiger partial charge in [-0.1, -0.05) is 55.3 Å². The quantitative estimate of drug-likeness (QED) is 0.592. The Labute approximate surface area is 190 Å². The van der Waals surface area contributed by atoms with Crippen molar-refractivity contribution in [1.82, 2.24) is 14.9 Å². The van der Waals surface area contributed by atoms with E-state index in [1.54, 1.807) is 6.07 Å². The number of benzene rings is 2. The number of likely N-dealkylation sites (tertiary alicyclic amines) is 1. The van der Waals surface area contributed by atoms with Crippen LogP contribution in [0.4, 0.5) is 0 Å². The molecule has 0 atom stereocenters. The van der Waals surface area contributed by atoms with Gasteiger partial charge in [0, 0.05) is 31.2 Å². The first-order valence-electron chi connectivity index (χ1n) is 10.8. The van der Waals surface area contributed by atoms with Gasteiger partial charge in [0.2, 0.25) is 10.0 Å². The first kappa shape index (κ1) is 23.7. The molecule has 2 aromatic carbocycles. The number of hydrogen-bond donors (Lipinski definition) is 2. The molecule has 3 rings (SSSR count). The minimum absolute atomic E-state index is 0.0846. The van der Waals surface area contributed by atoms with Gasteiger partial charge in [0.25, 0.3) is 5.91 Å². The molecule has 0 unspecified atom stereocenters. The second-order valence-electron chi connectivity index (χ2n) is 7.90. The summed E-state index contributed by atoms with van der Waals surface area (Å²) in [6.07, 6.45) is 4.16. The van der Waals surface area contributed by atoms with Crippen molar-refractivity contribution < 1.29 is 13.2 Å². The van der Waals surface area contributed by atoms with Gasteiger partial charge in [-0.2, -0.15) is 0 Å². The van der Waals surface area contributed by atoms with Gasteiger partial charge in [-0.15, -0.1) is 0 Å². The van der Waals surface area contributed by atoms with E-state index in [-0.39, 0.29) is 34.0 Å². The smallest absolute Gasteiger partial charge is 0.251 e. The molecule has 1 amide bonds. The van der Waals surface area contributed by atoms with E-state index in [1.807, 2.05) is 30.3 Å². The average molecular weight is 464 g/mol. The number of unbranched alkanes of at least 4 members (excludes halogenated alkanes) is 1. The van der Waals surface area contributed by atoms with E-state index >= 15 is 0 Å². The van der Waals surface area contributed by atoms with Gasteiger partial charge in [0.15, 0.2) is 0 Å². The Hall–Kier alpha value is -1.93. The molecule has 8 heteroatoms. The first-order valence-corrected chi connectivity index (χ1v) is 12.6. The third kappa shape index (κ3) is 6.77. The molecule has 0 bridgehead atoms. The molecule has 1 aliphatic rings. The second-order valence-corrected chi connectivity index (χ2v) is 10.0. The lowest BCUT2D eigenvalue weighted by Gasteiger charge is -2.32. The normalized spacial score (nSPS) is 15.7. The van der Waals surface area contributed by atoms with Crippen LogP contribution >= 0.6 is 11.6 Å². The van der Waals surface area contributed by atoms with Crippen molar-refractivity contribution >= 4 is 27.5 Å². The highest BCUT2D eigenvalue weighted by Crippen LogP contribution is 2.23. The first-order chi connectivity index (χ1) is 14.9. The Kier molecular flexibility index (Phi) is 8.49. The van der Waals surface area contributed by atoms with E-state index in [2.05, 4.69) is 21.9 Å². The Bertz CT molecular complexity index is 975. The Morgan fingerprint density at radius 1 is 1.13 bits per heavy atom. The van der Waals surface area contributed by atoms with Gasteiger partial charge >= 0.3 is 0 Å². The Morgan fingerprint density at radius 3 is 2.52 bits per heavy atom. The fraction of sp³-hybridized carbons (Fsp3) is 0.435. The molecule has 0 spiro atoms. The van der Waals surface area contributed by atoms with Crippen LogP contribution < -0.4 is 10.0 Å². The molecule has 1 fully saturated rings. The molecule has 2 N–H and O–H groups in total. The predicted octanol–water partition coefficient (Wildman–Crippen LogP) is 3.81. The van der Waals surface area contributed by atoms with Crippen molar-refractivity contribution in [2.75, 3.05) is 19.6 Å². The predicted molar refractivity (Wildman–Crippen MR) is 124 cm³/mol. The summed E-state index contributed by atoms with van der Waals surface area (Å²) in [7, 11) is -3.86. The molecular weight excluding hydrogens is 434 g/mol. The molecule has 0 radical (unpaired) electrons. The molecular formula is C23H30ClN3O3S. The highest BCUT2D eigenvalue weighted by molar-refractivity contribution is 7.89. The summed E-state index contributed by atoms with van der Waals surface area (Å²) in [5.41, 5.74) is 1.12. The second kappa shape index (κ2) is 11.1. The minimum atomic E-state index is -3.86. The minimum Gasteiger partial charge on any atom is -0.349 e. The topological polar surface area (TPSA) is 78.5 Å². The summed E-state index contributed by atoms with van der Waals surface area (Å²) in [5, 5.41) is 3.13. The number of nitrogens with one attached hydrogen (secondary N) is 2. The standard InChI is InChI=1S/C23H30ClN3O3S/c1-2-3-13-27-14-11-20(12-15-27)26-23(28)19-9-10-21(24)22(16-19)31(29,30)25-17-18-7-5-4-6-8-18/h4-10,16,20,25H,2-3,11-15,17H2,1H3,(H,26,28). The van der Waals surface area contributed by atoms with Crippen molar-refractivity contribution in [3.63, 3.8) is 0 Å². The van der Waals surface area contributed by atoms with E-state index in [0.29, 0.717) is 0 Å². The molecule has 1 aliphatic heterocycles. The van der Waals surface area contributed by atoms with Crippen molar-refractivity contribution in [1.29, 1.82) is 0 Å². The van der Waals surface area contributed by atoms with E-state index in [1.165, 1.54) is 25.0 Å². The molecule has 6 nitrogen and oxygen atoms in total. The number of rotatable bonds is 9. The highest BCUT2D eigenvalue weighted by Gasteiger charge is 2.23. The summed E-state index contributed by atoms with van der Waals surface area (Å²) in [4.78, 5) is 15.1. The van der Waals surface area contributed by atoms with Crippen LogP contribution in [0.25, 0.3) is 0 Å². The maximum Gasteiger partial charge on any atom is 0.251 e. The van der Waals surface area contributed by atoms with Crippen molar-refractivity contribution in [2.24, 2.45) is 0 Å². The van der Waals surface area contributed by atoms with Gasteiger partial charge in [-0.3, -0.25) is 4.79 Å². The number of halogens is 1. The fourth-order valence-corrected chi connectivity index (χ4v) is 5.20. The van der Waals surface area contributed by atoms with Crippen LogP contribution in [0.1, 0.15) is 48.5 Å². The van der Waals surface area contributed by atoms with E-state index in [9.17, 15) is 13.2 Å². The number of carbonyl (C=O) groups excluding carboxylic acids is 1. The van der Waals surface area contributed by atoms with Gasteiger partial charge in [-0.05, 0) is 49.6 Å². The summed E-state index contributed by atoms with van der Waals surface area (Å²) >= 11 is 6.16. The largest absolute Gasteiger partial charge is 0.349 e. The van der Waals surface area contributed by atoms with Gasteiger partial charge in [0.1, 0.15) is 4.90 Å². The van der Waals surface area contributed by atoms with Crippen molar-refractivity contribution in [3.05, 3.63) is 64.7 Å². The zero-order chi connectivity index (χ0) is 22.3. The number of carbonyl (C=O) groups is 1. The van der Waals surface area contributed by atoms with E-state index < -0.39 is 10.0 Å². The van der Waals surface area contributed by atoms with E-state index in [0.717, 1.165) is 38.0 Å². The van der Waals surface area contributed by atoms with Crippen LogP contribution in [0.15, 0.2) is 53.4 Å². The average Bonchev–Trinajstić information content (AvgIpc) is 2.78. The van der Waals surface area contributed by atoms with Crippen molar-refractivity contribution in [2.45, 2.75) is 50.1 Å². The van der Waals surface area contributed by atoms with Crippen molar-refractivity contribution in [3.8, 4) is 0 Å². The Balaban J connectivity index is 1.62. The monoisotopic (exact) mass is 463 g/mol. The number of sulfonamides is 1. The van der Waals surface area contributed by atoms with Crippen LogP contribution in [-0.4, -0.2) is 44.9 Å². The molecule has 0 aliphatic carbocycles. The number of hydrogen-bond acceptors (Lipinski definition) is 4. The molecule has 0 saturated carbocycles. The zero-order valence-electron chi connectivity index (χ0n) is 17.8. The summed E-state index contributed by atoms with van der Waals surface area (Å²) < 4.78 is 28.1. The molecule has 1 saturated heterocycles. The lowest BCUT2D eigenvalue weighted by Crippen LogP contribution is -2.44. The lowest BCUT2D eigenvalue weighted by atomic mass is 10.0. The molecule has 0 aromatic heterocycles. The van der Waals surface area contributed by atoms with Crippen LogP contribution in [0.3, 0.4) is 0 Å². The Morgan fingerprint density at radius 2 is 1.84 bits per heavy atom. The lowest BCUT2D eigenvalue weighted by molar-refractivity contribution is 0.0910. The maximum absolute atomic E-state index is 12.8. The molecule has 2 aromatic rings. The van der Waals surface area contributed by atoms with Crippen LogP contribution in [0, 0.1) is 0 Å². The molecule has 1 heterocycles. The third-order valence-electron chi connectivity index (χ3n) is 5.54.